The van der Waals surface area contributed by atoms with Gasteiger partial charge in [0.25, 0.3) is 9.36 Å². The predicted molar refractivity (Wildman–Crippen MR) is 61.8 cm³/mol. The van der Waals surface area contributed by atoms with Crippen molar-refractivity contribution >= 4 is 27.5 Å². The van der Waals surface area contributed by atoms with E-state index in [-0.39, 0.29) is 13.8 Å². The van der Waals surface area contributed by atoms with Gasteiger partial charge in [-0.05, 0) is 28.1 Å². The number of hydrogen-bond donors (Lipinski definition) is 1. The number of benzene rings is 1. The Morgan fingerprint density at radius 2 is 1.76 bits per heavy atom. The van der Waals surface area contributed by atoms with Gasteiger partial charge in [-0.3, -0.25) is 9.59 Å². The zero-order chi connectivity index (χ0) is 12.4. The first kappa shape index (κ1) is 12.5. The molecule has 0 atom stereocenters. The monoisotopic (exact) mass is 405 g/mol. The Morgan fingerprint density at radius 3 is 2.41 bits per heavy atom. The summed E-state index contributed by atoms with van der Waals surface area (Å²) in [6.45, 7) is 0. The minimum absolute atomic E-state index is 0.105. The highest BCUT2D eigenvalue weighted by Crippen LogP contribution is 2.19. The van der Waals surface area contributed by atoms with Crippen molar-refractivity contribution in [3.63, 3.8) is 0 Å². The average Bonchev–Trinajstić information content (AvgIpc) is 2.33. The molecule has 2 rings (SSSR count). The van der Waals surface area contributed by atoms with Crippen LogP contribution in [0.2, 0.25) is 0 Å². The molecule has 1 aliphatic carbocycles. The molecule has 0 fully saturated rings. The first-order valence-electron chi connectivity index (χ1n) is 4.69. The topological polar surface area (TPSA) is 54.4 Å². The summed E-state index contributed by atoms with van der Waals surface area (Å²) in [6, 6.07) is 9.39. The molecule has 1 aliphatic rings. The number of rotatable bonds is 2. The Morgan fingerprint density at radius 1 is 1.12 bits per heavy atom. The number of carbonyl (C=O) groups is 2. The molecule has 0 amide bonds. The quantitative estimate of drug-likeness (QED) is 0.396. The van der Waals surface area contributed by atoms with Gasteiger partial charge in [-0.25, -0.2) is 0 Å². The van der Waals surface area contributed by atoms with Gasteiger partial charge >= 0.3 is 21.2 Å². The molecule has 0 aliphatic heterocycles. The molecule has 1 N–H and O–H groups in total. The van der Waals surface area contributed by atoms with Gasteiger partial charge in [-0.1, -0.05) is 18.2 Å². The van der Waals surface area contributed by atoms with E-state index in [1.54, 1.807) is 0 Å². The molecular weight excluding hydrogens is 399 g/mol. The number of halogens is 2. The number of hydrogen-bond acceptors (Lipinski definition) is 3. The Labute approximate surface area is 117 Å². The molecule has 5 heteroatoms. The highest BCUT2D eigenvalue weighted by atomic mass is 127. The van der Waals surface area contributed by atoms with E-state index in [4.69, 9.17) is 0 Å². The smallest absolute Gasteiger partial charge is 0.366 e. The molecule has 0 bridgehead atoms. The van der Waals surface area contributed by atoms with Gasteiger partial charge in [0.2, 0.25) is 5.78 Å². The van der Waals surface area contributed by atoms with E-state index in [0.29, 0.717) is 0 Å². The van der Waals surface area contributed by atoms with Crippen LogP contribution in [0.25, 0.3) is 0 Å². The zero-order valence-electron chi connectivity index (χ0n) is 8.48. The maximum Gasteiger partial charge on any atom is 0.366 e. The minimum atomic E-state index is -0.841. The average molecular weight is 406 g/mol. The second-order valence-corrected chi connectivity index (χ2v) is 6.96. The van der Waals surface area contributed by atoms with Crippen LogP contribution >= 0.6 is 15.9 Å². The summed E-state index contributed by atoms with van der Waals surface area (Å²) in [5.41, 5.74) is 0. The Bertz CT molecular complexity index is 546. The molecule has 1 aromatic rings. The predicted octanol–water partition coefficient (Wildman–Crippen LogP) is -0.855. The number of Topliss-reactive ketones (excluding diaryl/α,β-unsaturated/α-hetero) is 1. The van der Waals surface area contributed by atoms with Crippen LogP contribution in [0.5, 0.6) is 0 Å². The van der Waals surface area contributed by atoms with Crippen molar-refractivity contribution in [1.29, 1.82) is 0 Å². The van der Waals surface area contributed by atoms with Crippen molar-refractivity contribution in [3.8, 4) is 0 Å². The standard InChI is InChI=1S/C12H6BrIO3/c13-8-6-9(15)12(17)10(11(8)16)14-7-4-2-1-3-5-7/h1-6H/p+1. The molecule has 0 unspecified atom stereocenters. The molecule has 0 saturated heterocycles. The largest absolute Gasteiger partial charge is 0.503 e. The zero-order valence-corrected chi connectivity index (χ0v) is 12.2. The van der Waals surface area contributed by atoms with Crippen LogP contribution in [0.4, 0.5) is 0 Å². The number of allylic oxidation sites excluding steroid dienone is 3. The van der Waals surface area contributed by atoms with Crippen molar-refractivity contribution in [2.24, 2.45) is 0 Å². The van der Waals surface area contributed by atoms with Crippen molar-refractivity contribution < 1.29 is 35.9 Å². The first-order chi connectivity index (χ1) is 8.09. The van der Waals surface area contributed by atoms with Gasteiger partial charge in [-0.15, -0.1) is 0 Å². The number of carbonyl (C=O) groups excluding carboxylic acids is 2. The highest BCUT2D eigenvalue weighted by Gasteiger charge is 2.38. The maximum absolute atomic E-state index is 11.7. The fourth-order valence-electron chi connectivity index (χ4n) is 1.24. The van der Waals surface area contributed by atoms with E-state index in [1.807, 2.05) is 30.3 Å². The van der Waals surface area contributed by atoms with Gasteiger partial charge in [0.15, 0.2) is 9.33 Å². The Balaban J connectivity index is 2.37. The van der Waals surface area contributed by atoms with Crippen LogP contribution in [0.1, 0.15) is 0 Å². The number of aliphatic hydroxyl groups is 1. The van der Waals surface area contributed by atoms with E-state index in [2.05, 4.69) is 15.9 Å². The summed E-state index contributed by atoms with van der Waals surface area (Å²) in [6.07, 6.45) is 1.11. The lowest BCUT2D eigenvalue weighted by molar-refractivity contribution is -0.571. The molecule has 0 aromatic heterocycles. The van der Waals surface area contributed by atoms with E-state index in [1.165, 1.54) is 0 Å². The third-order valence-corrected chi connectivity index (χ3v) is 5.54. The molecule has 0 heterocycles. The van der Waals surface area contributed by atoms with Gasteiger partial charge < -0.3 is 5.11 Å². The normalized spacial score (nSPS) is 16.2. The Kier molecular flexibility index (Phi) is 3.78. The van der Waals surface area contributed by atoms with Crippen LogP contribution < -0.4 is 21.2 Å². The lowest BCUT2D eigenvalue weighted by atomic mass is 10.1. The van der Waals surface area contributed by atoms with Crippen LogP contribution in [-0.2, 0) is 9.59 Å². The fourth-order valence-corrected chi connectivity index (χ4v) is 4.48. The fraction of sp³-hybridized carbons (Fsp3) is 0. The summed E-state index contributed by atoms with van der Waals surface area (Å²) in [7, 11) is 0. The van der Waals surface area contributed by atoms with Gasteiger partial charge in [0, 0.05) is 6.08 Å². The molecule has 0 spiro atoms. The SMILES string of the molecule is O=C1C=C(Br)C(O)=C([I+]c2ccccc2)C1=O. The molecule has 17 heavy (non-hydrogen) atoms. The van der Waals surface area contributed by atoms with E-state index >= 15 is 0 Å². The molecule has 0 radical (unpaired) electrons. The molecule has 86 valence electrons. The lowest BCUT2D eigenvalue weighted by Crippen LogP contribution is -3.61. The first-order valence-corrected chi connectivity index (χ1v) is 7.64. The second-order valence-electron chi connectivity index (χ2n) is 3.24. The number of aliphatic hydroxyl groups excluding tert-OH is 1. The molecule has 0 saturated carbocycles. The molecule has 1 aromatic carbocycles. The summed E-state index contributed by atoms with van der Waals surface area (Å²) in [5, 5.41) is 9.81. The van der Waals surface area contributed by atoms with E-state index in [9.17, 15) is 14.7 Å². The second kappa shape index (κ2) is 5.14. The molecule has 3 nitrogen and oxygen atoms in total. The van der Waals surface area contributed by atoms with Crippen LogP contribution in [0.15, 0.2) is 50.2 Å². The van der Waals surface area contributed by atoms with E-state index in [0.717, 1.165) is 9.65 Å². The third-order valence-electron chi connectivity index (χ3n) is 2.05. The van der Waals surface area contributed by atoms with Crippen LogP contribution in [0, 0.1) is 3.57 Å². The van der Waals surface area contributed by atoms with Crippen molar-refractivity contribution in [3.05, 3.63) is 53.8 Å². The summed E-state index contributed by atoms with van der Waals surface area (Å²) < 4.78 is 1.51. The summed E-state index contributed by atoms with van der Waals surface area (Å²) in [5.74, 6) is -1.28. The van der Waals surface area contributed by atoms with Crippen LogP contribution in [-0.4, -0.2) is 16.7 Å². The van der Waals surface area contributed by atoms with Crippen molar-refractivity contribution in [2.75, 3.05) is 0 Å². The van der Waals surface area contributed by atoms with Gasteiger partial charge in [-0.2, -0.15) is 0 Å². The third kappa shape index (κ3) is 2.66. The van der Waals surface area contributed by atoms with E-state index < -0.39 is 32.8 Å². The van der Waals surface area contributed by atoms with Gasteiger partial charge in [0.1, 0.15) is 0 Å². The van der Waals surface area contributed by atoms with Gasteiger partial charge in [0.05, 0.1) is 4.48 Å². The molecular formula is C12H7BrIO3+. The summed E-state index contributed by atoms with van der Waals surface area (Å²) in [4.78, 5) is 23.0. The van der Waals surface area contributed by atoms with Crippen molar-refractivity contribution in [2.45, 2.75) is 0 Å². The Hall–Kier alpha value is -0.950. The van der Waals surface area contributed by atoms with Crippen molar-refractivity contribution in [1.82, 2.24) is 0 Å². The maximum atomic E-state index is 11.7. The summed E-state index contributed by atoms with van der Waals surface area (Å²) >= 11 is 2.23. The lowest BCUT2D eigenvalue weighted by Gasteiger charge is -2.03. The number of ketones is 2. The highest BCUT2D eigenvalue weighted by molar-refractivity contribution is 9.12. The minimum Gasteiger partial charge on any atom is -0.503 e. The van der Waals surface area contributed by atoms with Crippen LogP contribution in [0.3, 0.4) is 0 Å².